The van der Waals surface area contributed by atoms with Gasteiger partial charge >= 0.3 is 6.03 Å². The molecule has 1 aromatic rings. The minimum absolute atomic E-state index is 0.203. The number of hydrogen-bond acceptors (Lipinski definition) is 5. The van der Waals surface area contributed by atoms with E-state index >= 15 is 0 Å². The summed E-state index contributed by atoms with van der Waals surface area (Å²) >= 11 is 0. The third kappa shape index (κ3) is 2.90. The molecule has 0 unspecified atom stereocenters. The molecule has 0 radical (unpaired) electrons. The highest BCUT2D eigenvalue weighted by molar-refractivity contribution is 7.85. The average Bonchev–Trinajstić information content (AvgIpc) is 2.33. The zero-order valence-corrected chi connectivity index (χ0v) is 10.6. The lowest BCUT2D eigenvalue weighted by atomic mass is 10.1. The molecular formula is C11H8N2O6S. The zero-order valence-electron chi connectivity index (χ0n) is 9.78. The van der Waals surface area contributed by atoms with Crippen LogP contribution in [-0.4, -0.2) is 30.8 Å². The number of carbonyl (C=O) groups is 3. The fourth-order valence-electron chi connectivity index (χ4n) is 1.54. The van der Waals surface area contributed by atoms with E-state index in [0.29, 0.717) is 0 Å². The Morgan fingerprint density at radius 3 is 2.20 bits per heavy atom. The molecule has 0 atom stereocenters. The van der Waals surface area contributed by atoms with Crippen molar-refractivity contribution in [3.63, 3.8) is 0 Å². The number of rotatable bonds is 2. The molecule has 9 heteroatoms. The Balaban J connectivity index is 2.43. The fraction of sp³-hybridized carbons (Fsp3) is 0. The smallest absolute Gasteiger partial charge is 0.282 e. The van der Waals surface area contributed by atoms with Crippen molar-refractivity contribution in [1.82, 2.24) is 10.6 Å². The number of benzene rings is 1. The van der Waals surface area contributed by atoms with Gasteiger partial charge in [-0.25, -0.2) is 4.79 Å². The molecule has 1 fully saturated rings. The predicted molar refractivity (Wildman–Crippen MR) is 65.9 cm³/mol. The van der Waals surface area contributed by atoms with E-state index in [1.54, 1.807) is 0 Å². The number of barbiturate groups is 1. The van der Waals surface area contributed by atoms with Crippen molar-refractivity contribution >= 4 is 34.0 Å². The topological polar surface area (TPSA) is 130 Å². The SMILES string of the molecule is O=C1NC(=O)C(=Cc2cccc(S(=O)(=O)O)c2)C(=O)N1. The highest BCUT2D eigenvalue weighted by Crippen LogP contribution is 2.15. The van der Waals surface area contributed by atoms with Crippen LogP contribution < -0.4 is 10.6 Å². The molecule has 104 valence electrons. The molecule has 0 bridgehead atoms. The Morgan fingerprint density at radius 1 is 1.05 bits per heavy atom. The van der Waals surface area contributed by atoms with Crippen molar-refractivity contribution in [2.24, 2.45) is 0 Å². The van der Waals surface area contributed by atoms with Crippen LogP contribution in [0.15, 0.2) is 34.7 Å². The summed E-state index contributed by atoms with van der Waals surface area (Å²) in [6.45, 7) is 0. The molecule has 4 amide bonds. The minimum Gasteiger partial charge on any atom is -0.282 e. The van der Waals surface area contributed by atoms with Gasteiger partial charge in [-0.1, -0.05) is 12.1 Å². The van der Waals surface area contributed by atoms with Crippen molar-refractivity contribution in [2.75, 3.05) is 0 Å². The second-order valence-electron chi connectivity index (χ2n) is 3.84. The van der Waals surface area contributed by atoms with E-state index in [4.69, 9.17) is 4.55 Å². The van der Waals surface area contributed by atoms with Crippen LogP contribution >= 0.6 is 0 Å². The number of amides is 4. The first-order valence-corrected chi connectivity index (χ1v) is 6.67. The van der Waals surface area contributed by atoms with E-state index in [9.17, 15) is 22.8 Å². The van der Waals surface area contributed by atoms with Crippen LogP contribution in [0.5, 0.6) is 0 Å². The lowest BCUT2D eigenvalue weighted by Gasteiger charge is -2.13. The van der Waals surface area contributed by atoms with Crippen LogP contribution in [-0.2, 0) is 19.7 Å². The summed E-state index contributed by atoms with van der Waals surface area (Å²) in [5.74, 6) is -1.79. The van der Waals surface area contributed by atoms with Gasteiger partial charge in [0.2, 0.25) is 0 Å². The molecule has 0 spiro atoms. The maximum Gasteiger partial charge on any atom is 0.328 e. The Bertz CT molecular complexity index is 728. The van der Waals surface area contributed by atoms with Crippen LogP contribution in [0.1, 0.15) is 5.56 Å². The molecule has 2 rings (SSSR count). The Labute approximate surface area is 113 Å². The number of urea groups is 1. The van der Waals surface area contributed by atoms with E-state index in [0.717, 1.165) is 18.2 Å². The van der Waals surface area contributed by atoms with Gasteiger partial charge in [-0.15, -0.1) is 0 Å². The van der Waals surface area contributed by atoms with E-state index in [-0.39, 0.29) is 16.0 Å². The first kappa shape index (κ1) is 13.9. The van der Waals surface area contributed by atoms with Gasteiger partial charge in [-0.2, -0.15) is 8.42 Å². The van der Waals surface area contributed by atoms with Gasteiger partial charge in [-0.05, 0) is 23.8 Å². The first-order valence-electron chi connectivity index (χ1n) is 5.23. The molecule has 1 heterocycles. The molecule has 8 nitrogen and oxygen atoms in total. The first-order chi connectivity index (χ1) is 9.27. The molecule has 3 N–H and O–H groups in total. The normalized spacial score (nSPS) is 15.7. The van der Waals surface area contributed by atoms with Crippen molar-refractivity contribution in [1.29, 1.82) is 0 Å². The lowest BCUT2D eigenvalue weighted by Crippen LogP contribution is -2.51. The summed E-state index contributed by atoms with van der Waals surface area (Å²) in [5, 5.41) is 3.76. The highest BCUT2D eigenvalue weighted by atomic mass is 32.2. The number of nitrogens with one attached hydrogen (secondary N) is 2. The molecule has 0 aliphatic carbocycles. The van der Waals surface area contributed by atoms with E-state index in [1.165, 1.54) is 12.1 Å². The van der Waals surface area contributed by atoms with Crippen LogP contribution in [0.25, 0.3) is 6.08 Å². The highest BCUT2D eigenvalue weighted by Gasteiger charge is 2.27. The molecule has 1 aliphatic heterocycles. The van der Waals surface area contributed by atoms with Crippen LogP contribution in [0.4, 0.5) is 4.79 Å². The third-order valence-corrected chi connectivity index (χ3v) is 3.26. The second-order valence-corrected chi connectivity index (χ2v) is 5.26. The van der Waals surface area contributed by atoms with Gasteiger partial charge in [0.15, 0.2) is 0 Å². The van der Waals surface area contributed by atoms with Gasteiger partial charge in [0.05, 0.1) is 4.90 Å². The molecule has 1 aromatic carbocycles. The van der Waals surface area contributed by atoms with Crippen LogP contribution in [0, 0.1) is 0 Å². The second kappa shape index (κ2) is 4.87. The summed E-state index contributed by atoms with van der Waals surface area (Å²) in [5.41, 5.74) is -0.146. The Hall–Kier alpha value is -2.52. The largest absolute Gasteiger partial charge is 0.328 e. The van der Waals surface area contributed by atoms with Crippen molar-refractivity contribution in [3.05, 3.63) is 35.4 Å². The summed E-state index contributed by atoms with van der Waals surface area (Å²) in [6.07, 6.45) is 1.10. The maximum absolute atomic E-state index is 11.5. The van der Waals surface area contributed by atoms with Crippen molar-refractivity contribution in [2.45, 2.75) is 4.90 Å². The Morgan fingerprint density at radius 2 is 1.65 bits per heavy atom. The molecule has 1 aliphatic rings. The predicted octanol–water partition coefficient (Wildman–Crippen LogP) is -0.317. The van der Waals surface area contributed by atoms with Crippen LogP contribution in [0.2, 0.25) is 0 Å². The molecule has 1 saturated heterocycles. The molecular weight excluding hydrogens is 288 g/mol. The summed E-state index contributed by atoms with van der Waals surface area (Å²) in [7, 11) is -4.39. The molecule has 0 aromatic heterocycles. The minimum atomic E-state index is -4.39. The maximum atomic E-state index is 11.5. The monoisotopic (exact) mass is 296 g/mol. The van der Waals surface area contributed by atoms with Gasteiger partial charge in [0, 0.05) is 0 Å². The van der Waals surface area contributed by atoms with E-state index < -0.39 is 28.0 Å². The lowest BCUT2D eigenvalue weighted by molar-refractivity contribution is -0.123. The number of carbonyl (C=O) groups excluding carboxylic acids is 3. The average molecular weight is 296 g/mol. The summed E-state index contributed by atoms with van der Waals surface area (Å²) in [6, 6.07) is 4.07. The van der Waals surface area contributed by atoms with Crippen molar-refractivity contribution < 1.29 is 27.4 Å². The quantitative estimate of drug-likeness (QED) is 0.389. The van der Waals surface area contributed by atoms with Gasteiger partial charge < -0.3 is 0 Å². The zero-order chi connectivity index (χ0) is 14.9. The van der Waals surface area contributed by atoms with E-state index in [1.807, 2.05) is 10.6 Å². The van der Waals surface area contributed by atoms with Gasteiger partial charge in [-0.3, -0.25) is 24.8 Å². The Kier molecular flexibility index (Phi) is 3.38. The molecule has 0 saturated carbocycles. The summed E-state index contributed by atoms with van der Waals surface area (Å²) in [4.78, 5) is 33.4. The standard InChI is InChI=1S/C11H8N2O6S/c14-9-8(10(15)13-11(16)12-9)5-6-2-1-3-7(4-6)20(17,18)19/h1-5H,(H,17,18,19)(H2,12,13,14,15,16). The number of hydrogen-bond donors (Lipinski definition) is 3. The van der Waals surface area contributed by atoms with E-state index in [2.05, 4.69) is 0 Å². The van der Waals surface area contributed by atoms with Crippen LogP contribution in [0.3, 0.4) is 0 Å². The van der Waals surface area contributed by atoms with Gasteiger partial charge in [0.25, 0.3) is 21.9 Å². The third-order valence-electron chi connectivity index (χ3n) is 2.41. The fourth-order valence-corrected chi connectivity index (χ4v) is 2.07. The molecule has 20 heavy (non-hydrogen) atoms. The summed E-state index contributed by atoms with van der Waals surface area (Å²) < 4.78 is 30.9. The number of imide groups is 2. The van der Waals surface area contributed by atoms with Crippen molar-refractivity contribution in [3.8, 4) is 0 Å². The van der Waals surface area contributed by atoms with Gasteiger partial charge in [0.1, 0.15) is 5.57 Å².